The predicted molar refractivity (Wildman–Crippen MR) is 115 cm³/mol. The molecule has 2 N–H and O–H groups in total. The fourth-order valence-corrected chi connectivity index (χ4v) is 4.87. The van der Waals surface area contributed by atoms with Crippen molar-refractivity contribution in [3.8, 4) is 0 Å². The molecule has 3 aromatic rings. The van der Waals surface area contributed by atoms with Crippen molar-refractivity contribution in [3.05, 3.63) is 41.8 Å². The molecule has 7 nitrogen and oxygen atoms in total. The van der Waals surface area contributed by atoms with Gasteiger partial charge in [0, 0.05) is 44.0 Å². The monoisotopic (exact) mass is 410 g/mol. The minimum Gasteiger partial charge on any atom is -0.368 e. The summed E-state index contributed by atoms with van der Waals surface area (Å²) in [5.74, 6) is 0.209. The van der Waals surface area contributed by atoms with Crippen molar-refractivity contribution >= 4 is 45.5 Å². The molecule has 8 heteroatoms. The summed E-state index contributed by atoms with van der Waals surface area (Å²) in [6.07, 6.45) is 7.96. The number of hydrogen-bond donors (Lipinski definition) is 2. The van der Waals surface area contributed by atoms with Gasteiger partial charge in [-0.25, -0.2) is 0 Å². The number of benzene rings is 1. The molecule has 0 radical (unpaired) electrons. The molecule has 1 spiro atoms. The highest BCUT2D eigenvalue weighted by Crippen LogP contribution is 2.42. The van der Waals surface area contributed by atoms with Crippen LogP contribution >= 0.6 is 11.6 Å². The molecule has 0 bridgehead atoms. The van der Waals surface area contributed by atoms with E-state index in [2.05, 4.69) is 31.7 Å². The van der Waals surface area contributed by atoms with E-state index in [1.165, 1.54) is 0 Å². The normalized spacial score (nSPS) is 18.4. The Morgan fingerprint density at radius 1 is 1.17 bits per heavy atom. The number of aryl methyl sites for hydroxylation is 1. The molecular formula is C21H23ClN6O. The van der Waals surface area contributed by atoms with E-state index in [0.29, 0.717) is 5.02 Å². The topological polar surface area (TPSA) is 75.1 Å². The smallest absolute Gasteiger partial charge is 0.226 e. The van der Waals surface area contributed by atoms with Crippen LogP contribution < -0.4 is 15.5 Å². The number of amides is 1. The number of hydrogen-bond acceptors (Lipinski definition) is 5. The first-order valence-electron chi connectivity index (χ1n) is 9.91. The van der Waals surface area contributed by atoms with E-state index in [1.54, 1.807) is 12.4 Å². The number of pyridine rings is 1. The van der Waals surface area contributed by atoms with Gasteiger partial charge in [-0.15, -0.1) is 0 Å². The van der Waals surface area contributed by atoms with Gasteiger partial charge in [0.05, 0.1) is 39.7 Å². The highest BCUT2D eigenvalue weighted by molar-refractivity contribution is 6.33. The Labute approximate surface area is 174 Å². The average molecular weight is 411 g/mol. The van der Waals surface area contributed by atoms with Gasteiger partial charge in [-0.1, -0.05) is 11.6 Å². The first kappa shape index (κ1) is 18.2. The van der Waals surface area contributed by atoms with Crippen molar-refractivity contribution in [1.82, 2.24) is 20.1 Å². The number of carbonyl (C=O) groups is 1. The van der Waals surface area contributed by atoms with E-state index >= 15 is 0 Å². The van der Waals surface area contributed by atoms with E-state index in [1.807, 2.05) is 30.1 Å². The van der Waals surface area contributed by atoms with Gasteiger partial charge in [0.2, 0.25) is 5.91 Å². The lowest BCUT2D eigenvalue weighted by molar-refractivity contribution is -0.128. The molecule has 1 aromatic carbocycles. The van der Waals surface area contributed by atoms with Crippen LogP contribution in [0.25, 0.3) is 10.9 Å². The van der Waals surface area contributed by atoms with Crippen molar-refractivity contribution in [2.45, 2.75) is 19.3 Å². The maximum absolute atomic E-state index is 12.3. The molecular weight excluding hydrogens is 388 g/mol. The number of anilines is 3. The summed E-state index contributed by atoms with van der Waals surface area (Å²) in [6.45, 7) is 2.39. The summed E-state index contributed by atoms with van der Waals surface area (Å²) in [5, 5.41) is 12.5. The lowest BCUT2D eigenvalue weighted by atomic mass is 9.77. The zero-order valence-corrected chi connectivity index (χ0v) is 17.0. The third-order valence-corrected chi connectivity index (χ3v) is 6.58. The summed E-state index contributed by atoms with van der Waals surface area (Å²) in [6, 6.07) is 6.15. The second-order valence-corrected chi connectivity index (χ2v) is 8.36. The number of fused-ring (bicyclic) bond motifs is 1. The van der Waals surface area contributed by atoms with Gasteiger partial charge in [0.15, 0.2) is 0 Å². The third kappa shape index (κ3) is 3.09. The Morgan fingerprint density at radius 2 is 2.00 bits per heavy atom. The molecule has 2 aliphatic rings. The maximum atomic E-state index is 12.3. The van der Waals surface area contributed by atoms with Crippen LogP contribution in [0, 0.1) is 5.41 Å². The Balaban J connectivity index is 1.41. The Hall–Kier alpha value is -2.80. The molecule has 2 fully saturated rings. The summed E-state index contributed by atoms with van der Waals surface area (Å²) in [5.41, 5.74) is 3.65. The van der Waals surface area contributed by atoms with Crippen molar-refractivity contribution in [1.29, 1.82) is 0 Å². The van der Waals surface area contributed by atoms with Crippen LogP contribution in [-0.2, 0) is 11.8 Å². The second kappa shape index (κ2) is 6.91. The predicted octanol–water partition coefficient (Wildman–Crippen LogP) is 3.47. The molecule has 4 heterocycles. The highest BCUT2D eigenvalue weighted by atomic mass is 35.5. The van der Waals surface area contributed by atoms with Gasteiger partial charge < -0.3 is 15.5 Å². The van der Waals surface area contributed by atoms with Gasteiger partial charge in [-0.05, 0) is 37.5 Å². The van der Waals surface area contributed by atoms with Crippen molar-refractivity contribution in [2.24, 2.45) is 12.5 Å². The lowest BCUT2D eigenvalue weighted by Gasteiger charge is -2.39. The number of carbonyl (C=O) groups excluding carboxylic acids is 1. The maximum Gasteiger partial charge on any atom is 0.226 e. The highest BCUT2D eigenvalue weighted by Gasteiger charge is 2.44. The van der Waals surface area contributed by atoms with Gasteiger partial charge in [-0.3, -0.25) is 14.5 Å². The molecule has 5 rings (SSSR count). The summed E-state index contributed by atoms with van der Waals surface area (Å²) < 4.78 is 1.86. The summed E-state index contributed by atoms with van der Waals surface area (Å²) in [4.78, 5) is 18.8. The van der Waals surface area contributed by atoms with E-state index in [0.717, 1.165) is 66.9 Å². The molecule has 0 aliphatic carbocycles. The van der Waals surface area contributed by atoms with Crippen LogP contribution in [0.3, 0.4) is 0 Å². The minimum absolute atomic E-state index is 0.199. The zero-order chi connectivity index (χ0) is 20.0. The van der Waals surface area contributed by atoms with Gasteiger partial charge in [0.1, 0.15) is 0 Å². The molecule has 2 aliphatic heterocycles. The Morgan fingerprint density at radius 3 is 2.76 bits per heavy atom. The van der Waals surface area contributed by atoms with Crippen LogP contribution in [0.4, 0.5) is 17.1 Å². The second-order valence-electron chi connectivity index (χ2n) is 7.96. The van der Waals surface area contributed by atoms with Crippen molar-refractivity contribution in [3.63, 3.8) is 0 Å². The van der Waals surface area contributed by atoms with Crippen LogP contribution in [0.2, 0.25) is 5.02 Å². The molecule has 0 saturated carbocycles. The molecule has 150 valence electrons. The van der Waals surface area contributed by atoms with E-state index in [-0.39, 0.29) is 11.3 Å². The number of halogens is 1. The van der Waals surface area contributed by atoms with Crippen molar-refractivity contribution in [2.75, 3.05) is 29.9 Å². The number of nitrogens with zero attached hydrogens (tertiary/aromatic N) is 4. The number of aromatic nitrogens is 3. The van der Waals surface area contributed by atoms with Gasteiger partial charge >= 0.3 is 0 Å². The number of piperidine rings is 1. The summed E-state index contributed by atoms with van der Waals surface area (Å²) >= 11 is 6.57. The zero-order valence-electron chi connectivity index (χ0n) is 16.3. The SMILES string of the molecule is Cn1ncc2cc(Nc3cncc(Cl)c3N3CCC4(CCNC4=O)CC3)ccc21. The number of rotatable bonds is 3. The first-order valence-corrected chi connectivity index (χ1v) is 10.3. The van der Waals surface area contributed by atoms with E-state index < -0.39 is 0 Å². The van der Waals surface area contributed by atoms with Crippen LogP contribution in [0.1, 0.15) is 19.3 Å². The van der Waals surface area contributed by atoms with Crippen LogP contribution in [-0.4, -0.2) is 40.3 Å². The molecule has 1 amide bonds. The average Bonchev–Trinajstić information content (AvgIpc) is 3.26. The molecule has 0 unspecified atom stereocenters. The first-order chi connectivity index (χ1) is 14.1. The van der Waals surface area contributed by atoms with Gasteiger partial charge in [-0.2, -0.15) is 5.10 Å². The standard InChI is InChI=1S/C21H23ClN6O/c1-27-18-3-2-15(10-14(18)11-25-27)26-17-13-23-12-16(22)19(17)28-8-5-21(6-9-28)4-7-24-20(21)29/h2-3,10-13,26H,4-9H2,1H3,(H,24,29). The summed E-state index contributed by atoms with van der Waals surface area (Å²) in [7, 11) is 1.93. The third-order valence-electron chi connectivity index (χ3n) is 6.31. The largest absolute Gasteiger partial charge is 0.368 e. The Kier molecular flexibility index (Phi) is 4.35. The Bertz CT molecular complexity index is 1090. The van der Waals surface area contributed by atoms with Crippen molar-refractivity contribution < 1.29 is 4.79 Å². The quantitative estimate of drug-likeness (QED) is 0.691. The molecule has 2 aromatic heterocycles. The molecule has 2 saturated heterocycles. The fraction of sp³-hybridized carbons (Fsp3) is 0.381. The minimum atomic E-state index is -0.199. The van der Waals surface area contributed by atoms with E-state index in [9.17, 15) is 4.79 Å². The molecule has 29 heavy (non-hydrogen) atoms. The van der Waals surface area contributed by atoms with E-state index in [4.69, 9.17) is 11.6 Å². The van der Waals surface area contributed by atoms with Crippen LogP contribution in [0.5, 0.6) is 0 Å². The lowest BCUT2D eigenvalue weighted by Crippen LogP contribution is -2.44. The fourth-order valence-electron chi connectivity index (χ4n) is 4.59. The van der Waals surface area contributed by atoms with Crippen LogP contribution in [0.15, 0.2) is 36.8 Å². The molecule has 0 atom stereocenters. The van der Waals surface area contributed by atoms with Gasteiger partial charge in [0.25, 0.3) is 0 Å². The number of nitrogens with one attached hydrogen (secondary N) is 2.